The number of nitrogens with one attached hydrogen (secondary N) is 1. The minimum atomic E-state index is 0.432. The Morgan fingerprint density at radius 1 is 1.15 bits per heavy atom. The quantitative estimate of drug-likeness (QED) is 0.720. The highest BCUT2D eigenvalue weighted by Gasteiger charge is 2.28. The van der Waals surface area contributed by atoms with E-state index in [1.807, 2.05) is 12.1 Å². The molecule has 0 aromatic heterocycles. The van der Waals surface area contributed by atoms with E-state index in [1.54, 1.807) is 0 Å². The first-order valence-electron chi connectivity index (χ1n) is 8.24. The molecule has 1 aliphatic rings. The van der Waals surface area contributed by atoms with Gasteiger partial charge in [0.15, 0.2) is 0 Å². The van der Waals surface area contributed by atoms with Gasteiger partial charge in [0.1, 0.15) is 0 Å². The maximum atomic E-state index is 6.43. The molecule has 0 heterocycles. The third-order valence-electron chi connectivity index (χ3n) is 4.79. The minimum Gasteiger partial charge on any atom is -0.310 e. The van der Waals surface area contributed by atoms with Crippen molar-refractivity contribution in [3.63, 3.8) is 0 Å². The normalized spacial score (nSPS) is 24.6. The Bertz CT molecular complexity index is 396. The smallest absolute Gasteiger partial charge is 0.0453 e. The van der Waals surface area contributed by atoms with Gasteiger partial charge in [0.05, 0.1) is 0 Å². The minimum absolute atomic E-state index is 0.432. The van der Waals surface area contributed by atoms with Gasteiger partial charge in [0, 0.05) is 11.1 Å². The molecule has 1 aromatic carbocycles. The highest BCUT2D eigenvalue weighted by atomic mass is 35.5. The monoisotopic (exact) mass is 293 g/mol. The topological polar surface area (TPSA) is 12.0 Å². The van der Waals surface area contributed by atoms with Gasteiger partial charge in [-0.05, 0) is 49.3 Å². The van der Waals surface area contributed by atoms with Crippen LogP contribution in [0.3, 0.4) is 0 Å². The Hall–Kier alpha value is -0.530. The number of hydrogen-bond acceptors (Lipinski definition) is 1. The zero-order valence-corrected chi connectivity index (χ0v) is 13.6. The molecule has 0 saturated heterocycles. The molecule has 1 aliphatic carbocycles. The van der Waals surface area contributed by atoms with Crippen LogP contribution in [-0.2, 0) is 0 Å². The van der Waals surface area contributed by atoms with Gasteiger partial charge in [-0.3, -0.25) is 0 Å². The fourth-order valence-electron chi connectivity index (χ4n) is 3.49. The average molecular weight is 294 g/mol. The predicted molar refractivity (Wildman–Crippen MR) is 88.2 cm³/mol. The standard InChI is InChI=1S/C18H28ClN/c1-3-13-20-18(16-7-5-6-8-17(16)19)15-11-9-14(4-2)10-12-15/h5-8,14-15,18,20H,3-4,9-13H2,1-2H3. The van der Waals surface area contributed by atoms with Crippen LogP contribution < -0.4 is 5.32 Å². The van der Waals surface area contributed by atoms with Gasteiger partial charge >= 0.3 is 0 Å². The Balaban J connectivity index is 2.10. The van der Waals surface area contributed by atoms with Gasteiger partial charge in [-0.1, -0.05) is 62.9 Å². The van der Waals surface area contributed by atoms with Crippen molar-refractivity contribution in [3.05, 3.63) is 34.9 Å². The van der Waals surface area contributed by atoms with Gasteiger partial charge in [-0.25, -0.2) is 0 Å². The molecule has 112 valence electrons. The number of benzene rings is 1. The van der Waals surface area contributed by atoms with Crippen LogP contribution in [0.1, 0.15) is 64.0 Å². The van der Waals surface area contributed by atoms with E-state index in [2.05, 4.69) is 31.3 Å². The van der Waals surface area contributed by atoms with E-state index in [4.69, 9.17) is 11.6 Å². The van der Waals surface area contributed by atoms with E-state index in [9.17, 15) is 0 Å². The summed E-state index contributed by atoms with van der Waals surface area (Å²) in [5, 5.41) is 4.66. The van der Waals surface area contributed by atoms with Crippen molar-refractivity contribution in [1.29, 1.82) is 0 Å². The predicted octanol–water partition coefficient (Wildman–Crippen LogP) is 5.60. The number of hydrogen-bond donors (Lipinski definition) is 1. The summed E-state index contributed by atoms with van der Waals surface area (Å²) in [6.07, 6.45) is 7.96. The lowest BCUT2D eigenvalue weighted by Crippen LogP contribution is -2.31. The molecule has 0 bridgehead atoms. The molecule has 1 aromatic rings. The Morgan fingerprint density at radius 3 is 2.45 bits per heavy atom. The number of rotatable bonds is 6. The van der Waals surface area contributed by atoms with Crippen LogP contribution in [0.25, 0.3) is 0 Å². The SMILES string of the molecule is CCCNC(c1ccccc1Cl)C1CCC(CC)CC1. The molecule has 1 nitrogen and oxygen atoms in total. The molecule has 1 atom stereocenters. The molecule has 0 aliphatic heterocycles. The van der Waals surface area contributed by atoms with Gasteiger partial charge < -0.3 is 5.32 Å². The summed E-state index contributed by atoms with van der Waals surface area (Å²) in [5.41, 5.74) is 1.29. The second-order valence-corrected chi connectivity index (χ2v) is 6.55. The summed E-state index contributed by atoms with van der Waals surface area (Å²) in [4.78, 5) is 0. The summed E-state index contributed by atoms with van der Waals surface area (Å²) < 4.78 is 0. The third kappa shape index (κ3) is 3.99. The Morgan fingerprint density at radius 2 is 1.85 bits per heavy atom. The Labute approximate surface area is 129 Å². The van der Waals surface area contributed by atoms with Crippen LogP contribution in [0.15, 0.2) is 24.3 Å². The van der Waals surface area contributed by atoms with Crippen LogP contribution in [-0.4, -0.2) is 6.54 Å². The molecule has 2 rings (SSSR count). The van der Waals surface area contributed by atoms with Crippen LogP contribution in [0.5, 0.6) is 0 Å². The third-order valence-corrected chi connectivity index (χ3v) is 5.14. The van der Waals surface area contributed by atoms with Crippen molar-refractivity contribution in [2.75, 3.05) is 6.54 Å². The van der Waals surface area contributed by atoms with Crippen molar-refractivity contribution in [2.45, 2.75) is 58.4 Å². The van der Waals surface area contributed by atoms with E-state index in [0.717, 1.165) is 23.4 Å². The van der Waals surface area contributed by atoms with Crippen LogP contribution in [0, 0.1) is 11.8 Å². The number of halogens is 1. The molecule has 1 N–H and O–H groups in total. The lowest BCUT2D eigenvalue weighted by molar-refractivity contribution is 0.219. The molecule has 0 radical (unpaired) electrons. The van der Waals surface area contributed by atoms with E-state index >= 15 is 0 Å². The Kier molecular flexibility index (Phi) is 6.38. The molecule has 1 unspecified atom stereocenters. The van der Waals surface area contributed by atoms with Crippen molar-refractivity contribution in [1.82, 2.24) is 5.32 Å². The first-order valence-corrected chi connectivity index (χ1v) is 8.61. The summed E-state index contributed by atoms with van der Waals surface area (Å²) in [6.45, 7) is 5.63. The molecular weight excluding hydrogens is 266 g/mol. The van der Waals surface area contributed by atoms with Gasteiger partial charge in [0.25, 0.3) is 0 Å². The fraction of sp³-hybridized carbons (Fsp3) is 0.667. The second kappa shape index (κ2) is 8.05. The molecule has 1 fully saturated rings. The maximum Gasteiger partial charge on any atom is 0.0453 e. The zero-order chi connectivity index (χ0) is 14.4. The summed E-state index contributed by atoms with van der Waals surface area (Å²) >= 11 is 6.43. The van der Waals surface area contributed by atoms with E-state index < -0.39 is 0 Å². The van der Waals surface area contributed by atoms with E-state index in [-0.39, 0.29) is 0 Å². The fourth-order valence-corrected chi connectivity index (χ4v) is 3.74. The van der Waals surface area contributed by atoms with Gasteiger partial charge in [-0.2, -0.15) is 0 Å². The molecule has 0 amide bonds. The van der Waals surface area contributed by atoms with Crippen molar-refractivity contribution < 1.29 is 0 Å². The summed E-state index contributed by atoms with van der Waals surface area (Å²) in [5.74, 6) is 1.69. The second-order valence-electron chi connectivity index (χ2n) is 6.14. The first kappa shape index (κ1) is 15.9. The maximum absolute atomic E-state index is 6.43. The molecule has 1 saturated carbocycles. The summed E-state index contributed by atoms with van der Waals surface area (Å²) in [6, 6.07) is 8.79. The van der Waals surface area contributed by atoms with Crippen LogP contribution in [0.2, 0.25) is 5.02 Å². The van der Waals surface area contributed by atoms with E-state index in [0.29, 0.717) is 6.04 Å². The van der Waals surface area contributed by atoms with Gasteiger partial charge in [0.2, 0.25) is 0 Å². The lowest BCUT2D eigenvalue weighted by atomic mass is 9.76. The lowest BCUT2D eigenvalue weighted by Gasteiger charge is -2.35. The molecule has 20 heavy (non-hydrogen) atoms. The zero-order valence-electron chi connectivity index (χ0n) is 12.9. The van der Waals surface area contributed by atoms with Gasteiger partial charge in [-0.15, -0.1) is 0 Å². The first-order chi connectivity index (χ1) is 9.76. The molecule has 0 spiro atoms. The van der Waals surface area contributed by atoms with Crippen LogP contribution >= 0.6 is 11.6 Å². The molecule has 2 heteroatoms. The highest BCUT2D eigenvalue weighted by molar-refractivity contribution is 6.31. The molecular formula is C18H28ClN. The van der Waals surface area contributed by atoms with Crippen LogP contribution in [0.4, 0.5) is 0 Å². The highest BCUT2D eigenvalue weighted by Crippen LogP contribution is 2.39. The average Bonchev–Trinajstić information content (AvgIpc) is 2.50. The van der Waals surface area contributed by atoms with Crippen molar-refractivity contribution in [3.8, 4) is 0 Å². The van der Waals surface area contributed by atoms with Crippen molar-refractivity contribution >= 4 is 11.6 Å². The van der Waals surface area contributed by atoms with E-state index in [1.165, 1.54) is 44.1 Å². The van der Waals surface area contributed by atoms with Crippen molar-refractivity contribution in [2.24, 2.45) is 11.8 Å². The largest absolute Gasteiger partial charge is 0.310 e. The summed E-state index contributed by atoms with van der Waals surface area (Å²) in [7, 11) is 0.